The Labute approximate surface area is 137 Å². The summed E-state index contributed by atoms with van der Waals surface area (Å²) in [7, 11) is 0. The standard InChI is InChI=1S/C16H18N4O2S/c1-3-12-7-13-15(19-10(2)20-16(13)23-12)18-9-14(21)17-8-11-5-4-6-22-11/h4-7H,3,8-9H2,1-2H3,(H,17,21)(H,18,19,20). The number of thiophene rings is 1. The van der Waals surface area contributed by atoms with Gasteiger partial charge in [-0.25, -0.2) is 9.97 Å². The molecule has 120 valence electrons. The van der Waals surface area contributed by atoms with Crippen LogP contribution in [0.5, 0.6) is 0 Å². The number of aryl methyl sites for hydroxylation is 2. The van der Waals surface area contributed by atoms with Crippen LogP contribution >= 0.6 is 11.3 Å². The van der Waals surface area contributed by atoms with Gasteiger partial charge in [-0.15, -0.1) is 11.3 Å². The van der Waals surface area contributed by atoms with Crippen LogP contribution in [0.2, 0.25) is 0 Å². The molecule has 3 heterocycles. The Morgan fingerprint density at radius 2 is 2.26 bits per heavy atom. The lowest BCUT2D eigenvalue weighted by molar-refractivity contribution is -0.119. The third-order valence-corrected chi connectivity index (χ3v) is 4.53. The van der Waals surface area contributed by atoms with Gasteiger partial charge in [0.15, 0.2) is 0 Å². The van der Waals surface area contributed by atoms with Crippen LogP contribution in [0.25, 0.3) is 10.2 Å². The average molecular weight is 330 g/mol. The normalized spacial score (nSPS) is 10.9. The van der Waals surface area contributed by atoms with Crippen LogP contribution in [-0.2, 0) is 17.8 Å². The Balaban J connectivity index is 1.66. The molecular formula is C16H18N4O2S. The second-order valence-corrected chi connectivity index (χ2v) is 6.23. The molecule has 0 saturated carbocycles. The Morgan fingerprint density at radius 1 is 1.39 bits per heavy atom. The number of nitrogens with one attached hydrogen (secondary N) is 2. The van der Waals surface area contributed by atoms with Crippen molar-refractivity contribution in [3.63, 3.8) is 0 Å². The zero-order valence-electron chi connectivity index (χ0n) is 13.0. The van der Waals surface area contributed by atoms with Crippen molar-refractivity contribution in [1.29, 1.82) is 0 Å². The minimum atomic E-state index is -0.114. The van der Waals surface area contributed by atoms with E-state index in [0.29, 0.717) is 18.2 Å². The zero-order chi connectivity index (χ0) is 16.2. The maximum Gasteiger partial charge on any atom is 0.239 e. The molecule has 2 N–H and O–H groups in total. The largest absolute Gasteiger partial charge is 0.467 e. The lowest BCUT2D eigenvalue weighted by Crippen LogP contribution is -2.29. The van der Waals surface area contributed by atoms with Crippen LogP contribution < -0.4 is 10.6 Å². The van der Waals surface area contributed by atoms with Gasteiger partial charge in [-0.05, 0) is 31.5 Å². The van der Waals surface area contributed by atoms with E-state index in [4.69, 9.17) is 4.42 Å². The van der Waals surface area contributed by atoms with Gasteiger partial charge in [0.2, 0.25) is 5.91 Å². The molecule has 0 spiro atoms. The van der Waals surface area contributed by atoms with Crippen molar-refractivity contribution < 1.29 is 9.21 Å². The summed E-state index contributed by atoms with van der Waals surface area (Å²) in [5.74, 6) is 2.01. The number of amides is 1. The first kappa shape index (κ1) is 15.5. The van der Waals surface area contributed by atoms with E-state index < -0.39 is 0 Å². The van der Waals surface area contributed by atoms with Gasteiger partial charge in [0, 0.05) is 4.88 Å². The second kappa shape index (κ2) is 6.78. The van der Waals surface area contributed by atoms with Crippen molar-refractivity contribution in [3.8, 4) is 0 Å². The van der Waals surface area contributed by atoms with Gasteiger partial charge in [0.1, 0.15) is 22.2 Å². The fraction of sp³-hybridized carbons (Fsp3) is 0.312. The lowest BCUT2D eigenvalue weighted by atomic mass is 10.3. The number of anilines is 1. The third-order valence-electron chi connectivity index (χ3n) is 3.36. The number of carbonyl (C=O) groups excluding carboxylic acids is 1. The maximum atomic E-state index is 11.9. The first-order chi connectivity index (χ1) is 11.2. The molecule has 6 nitrogen and oxygen atoms in total. The molecule has 3 rings (SSSR count). The molecule has 0 bridgehead atoms. The SMILES string of the molecule is CCc1cc2c(NCC(=O)NCc3ccco3)nc(C)nc2s1. The zero-order valence-corrected chi connectivity index (χ0v) is 13.9. The summed E-state index contributed by atoms with van der Waals surface area (Å²) in [5, 5.41) is 6.88. The molecule has 0 aliphatic rings. The summed E-state index contributed by atoms with van der Waals surface area (Å²) in [6.45, 7) is 4.50. The summed E-state index contributed by atoms with van der Waals surface area (Å²) < 4.78 is 5.18. The lowest BCUT2D eigenvalue weighted by Gasteiger charge is -2.08. The number of furan rings is 1. The molecule has 0 radical (unpaired) electrons. The first-order valence-corrected chi connectivity index (χ1v) is 8.27. The van der Waals surface area contributed by atoms with Gasteiger partial charge in [-0.3, -0.25) is 4.79 Å². The summed E-state index contributed by atoms with van der Waals surface area (Å²) >= 11 is 1.66. The fourth-order valence-corrected chi connectivity index (χ4v) is 3.23. The van der Waals surface area contributed by atoms with Crippen LogP contribution in [0, 0.1) is 6.92 Å². The highest BCUT2D eigenvalue weighted by molar-refractivity contribution is 7.18. The van der Waals surface area contributed by atoms with Crippen molar-refractivity contribution in [3.05, 3.63) is 40.9 Å². The average Bonchev–Trinajstić information content (AvgIpc) is 3.19. The van der Waals surface area contributed by atoms with E-state index in [9.17, 15) is 4.79 Å². The van der Waals surface area contributed by atoms with E-state index in [1.165, 1.54) is 4.88 Å². The van der Waals surface area contributed by atoms with Crippen molar-refractivity contribution in [1.82, 2.24) is 15.3 Å². The predicted octanol–water partition coefficient (Wildman–Crippen LogP) is 2.88. The van der Waals surface area contributed by atoms with Crippen molar-refractivity contribution in [2.24, 2.45) is 0 Å². The van der Waals surface area contributed by atoms with Gasteiger partial charge in [-0.1, -0.05) is 6.92 Å². The van der Waals surface area contributed by atoms with Crippen molar-refractivity contribution in [2.75, 3.05) is 11.9 Å². The summed E-state index contributed by atoms with van der Waals surface area (Å²) in [6.07, 6.45) is 2.55. The molecule has 23 heavy (non-hydrogen) atoms. The fourth-order valence-electron chi connectivity index (χ4n) is 2.21. The smallest absolute Gasteiger partial charge is 0.239 e. The van der Waals surface area contributed by atoms with Crippen molar-refractivity contribution >= 4 is 33.3 Å². The Morgan fingerprint density at radius 3 is 3.00 bits per heavy atom. The molecule has 0 saturated heterocycles. The second-order valence-electron chi connectivity index (χ2n) is 5.11. The van der Waals surface area contributed by atoms with Gasteiger partial charge in [0.05, 0.1) is 24.7 Å². The number of hydrogen-bond donors (Lipinski definition) is 2. The molecule has 3 aromatic rings. The van der Waals surface area contributed by atoms with Gasteiger partial charge < -0.3 is 15.1 Å². The molecule has 0 fully saturated rings. The van der Waals surface area contributed by atoms with E-state index in [-0.39, 0.29) is 12.5 Å². The Hall–Kier alpha value is -2.41. The minimum Gasteiger partial charge on any atom is -0.467 e. The van der Waals surface area contributed by atoms with Gasteiger partial charge in [-0.2, -0.15) is 0 Å². The summed E-state index contributed by atoms with van der Waals surface area (Å²) in [4.78, 5) is 23.0. The third kappa shape index (κ3) is 3.68. The Bertz CT molecular complexity index is 811. The number of carbonyl (C=O) groups is 1. The Kier molecular flexibility index (Phi) is 4.57. The number of fused-ring (bicyclic) bond motifs is 1. The van der Waals surface area contributed by atoms with E-state index in [1.54, 1.807) is 23.7 Å². The van der Waals surface area contributed by atoms with Gasteiger partial charge >= 0.3 is 0 Å². The highest BCUT2D eigenvalue weighted by Crippen LogP contribution is 2.29. The monoisotopic (exact) mass is 330 g/mol. The summed E-state index contributed by atoms with van der Waals surface area (Å²) in [6, 6.07) is 5.70. The van der Waals surface area contributed by atoms with Crippen LogP contribution in [-0.4, -0.2) is 22.4 Å². The highest BCUT2D eigenvalue weighted by atomic mass is 32.1. The van der Waals surface area contributed by atoms with Crippen LogP contribution in [0.1, 0.15) is 23.4 Å². The maximum absolute atomic E-state index is 11.9. The van der Waals surface area contributed by atoms with Crippen LogP contribution in [0.4, 0.5) is 5.82 Å². The van der Waals surface area contributed by atoms with E-state index >= 15 is 0 Å². The minimum absolute atomic E-state index is 0.114. The summed E-state index contributed by atoms with van der Waals surface area (Å²) in [5.41, 5.74) is 0. The number of nitrogens with zero attached hydrogens (tertiary/aromatic N) is 2. The molecular weight excluding hydrogens is 312 g/mol. The van der Waals surface area contributed by atoms with E-state index in [1.807, 2.05) is 13.0 Å². The van der Waals surface area contributed by atoms with Crippen LogP contribution in [0.3, 0.4) is 0 Å². The molecule has 7 heteroatoms. The molecule has 0 atom stereocenters. The molecule has 0 aliphatic carbocycles. The first-order valence-electron chi connectivity index (χ1n) is 7.45. The topological polar surface area (TPSA) is 80.0 Å². The number of hydrogen-bond acceptors (Lipinski definition) is 6. The van der Waals surface area contributed by atoms with E-state index in [2.05, 4.69) is 33.6 Å². The predicted molar refractivity (Wildman–Crippen MR) is 90.6 cm³/mol. The van der Waals surface area contributed by atoms with Crippen LogP contribution in [0.15, 0.2) is 28.9 Å². The molecule has 1 amide bonds. The molecule has 0 aliphatic heterocycles. The number of aromatic nitrogens is 2. The quantitative estimate of drug-likeness (QED) is 0.726. The van der Waals surface area contributed by atoms with E-state index in [0.717, 1.165) is 22.4 Å². The van der Waals surface area contributed by atoms with Crippen molar-refractivity contribution in [2.45, 2.75) is 26.8 Å². The molecule has 0 aromatic carbocycles. The molecule has 3 aromatic heterocycles. The molecule has 0 unspecified atom stereocenters. The highest BCUT2D eigenvalue weighted by Gasteiger charge is 2.11. The number of rotatable bonds is 6. The van der Waals surface area contributed by atoms with Gasteiger partial charge in [0.25, 0.3) is 0 Å².